The lowest BCUT2D eigenvalue weighted by atomic mass is 10.1. The zero-order valence-corrected chi connectivity index (χ0v) is 17.6. The summed E-state index contributed by atoms with van der Waals surface area (Å²) >= 11 is 1.39. The van der Waals surface area contributed by atoms with Gasteiger partial charge in [0.1, 0.15) is 4.88 Å². The Morgan fingerprint density at radius 3 is 2.63 bits per heavy atom. The molecule has 0 fully saturated rings. The number of hydrogen-bond acceptors (Lipinski definition) is 7. The van der Waals surface area contributed by atoms with Gasteiger partial charge in [0.25, 0.3) is 5.91 Å². The average Bonchev–Trinajstić information content (AvgIpc) is 3.09. The zero-order valence-electron chi connectivity index (χ0n) is 16.8. The second kappa shape index (κ2) is 8.38. The predicted octanol–water partition coefficient (Wildman–Crippen LogP) is 4.92. The topological polar surface area (TPSA) is 92.7 Å². The van der Waals surface area contributed by atoms with Crippen LogP contribution >= 0.6 is 11.3 Å². The fourth-order valence-corrected chi connectivity index (χ4v) is 3.79. The summed E-state index contributed by atoms with van der Waals surface area (Å²) in [6.07, 6.45) is 5.19. The molecule has 0 unspecified atom stereocenters. The summed E-state index contributed by atoms with van der Waals surface area (Å²) in [6.45, 7) is 5.71. The minimum Gasteiger partial charge on any atom is -0.324 e. The lowest BCUT2D eigenvalue weighted by Gasteiger charge is -2.12. The molecule has 0 atom stereocenters. The summed E-state index contributed by atoms with van der Waals surface area (Å²) in [6, 6.07) is 11.3. The van der Waals surface area contributed by atoms with Crippen molar-refractivity contribution in [2.24, 2.45) is 0 Å². The van der Waals surface area contributed by atoms with Crippen LogP contribution in [-0.2, 0) is 0 Å². The van der Waals surface area contributed by atoms with E-state index in [-0.39, 0.29) is 5.91 Å². The van der Waals surface area contributed by atoms with Crippen LogP contribution in [0.15, 0.2) is 55.0 Å². The lowest BCUT2D eigenvalue weighted by molar-refractivity contribution is 0.103. The van der Waals surface area contributed by atoms with Gasteiger partial charge in [0, 0.05) is 35.5 Å². The number of nitrogens with one attached hydrogen (secondary N) is 2. The van der Waals surface area contributed by atoms with Gasteiger partial charge >= 0.3 is 0 Å². The molecular weight excluding hydrogens is 396 g/mol. The third-order valence-electron chi connectivity index (χ3n) is 4.46. The number of thiazole rings is 1. The Balaban J connectivity index is 1.56. The lowest BCUT2D eigenvalue weighted by Crippen LogP contribution is -2.12. The van der Waals surface area contributed by atoms with E-state index < -0.39 is 0 Å². The van der Waals surface area contributed by atoms with E-state index in [9.17, 15) is 4.79 Å². The highest BCUT2D eigenvalue weighted by Gasteiger charge is 2.14. The molecule has 1 aromatic carbocycles. The Morgan fingerprint density at radius 1 is 1.03 bits per heavy atom. The van der Waals surface area contributed by atoms with Crippen molar-refractivity contribution in [3.63, 3.8) is 0 Å². The van der Waals surface area contributed by atoms with E-state index >= 15 is 0 Å². The number of rotatable bonds is 5. The maximum Gasteiger partial charge on any atom is 0.267 e. The first-order valence-electron chi connectivity index (χ1n) is 9.36. The highest BCUT2D eigenvalue weighted by atomic mass is 32.1. The Bertz CT molecular complexity index is 1210. The van der Waals surface area contributed by atoms with E-state index in [4.69, 9.17) is 0 Å². The summed E-state index contributed by atoms with van der Waals surface area (Å²) in [4.78, 5) is 30.6. The zero-order chi connectivity index (χ0) is 21.1. The average molecular weight is 417 g/mol. The molecule has 30 heavy (non-hydrogen) atoms. The van der Waals surface area contributed by atoms with Gasteiger partial charge in [-0.05, 0) is 56.7 Å². The Labute approximate surface area is 178 Å². The molecule has 4 rings (SSSR count). The Hall–Kier alpha value is -3.65. The molecule has 7 nitrogen and oxygen atoms in total. The SMILES string of the molecule is Cc1nc(C)c(C(=O)Nc2ccc(C)c(Nc3nccc(-c4cccnc4)n3)c2)s1. The van der Waals surface area contributed by atoms with Crippen LogP contribution in [-0.4, -0.2) is 25.8 Å². The second-order valence-corrected chi connectivity index (χ2v) is 7.97. The fraction of sp³-hybridized carbons (Fsp3) is 0.136. The molecule has 3 heterocycles. The van der Waals surface area contributed by atoms with Crippen LogP contribution in [0.5, 0.6) is 0 Å². The normalized spacial score (nSPS) is 10.6. The van der Waals surface area contributed by atoms with E-state index in [0.29, 0.717) is 16.5 Å². The minimum atomic E-state index is -0.164. The number of pyridine rings is 1. The summed E-state index contributed by atoms with van der Waals surface area (Å²) in [5.41, 5.74) is 4.93. The molecule has 4 aromatic rings. The highest BCUT2D eigenvalue weighted by molar-refractivity contribution is 7.13. The molecule has 0 aliphatic rings. The Kier molecular flexibility index (Phi) is 5.49. The predicted molar refractivity (Wildman–Crippen MR) is 119 cm³/mol. The van der Waals surface area contributed by atoms with E-state index in [0.717, 1.165) is 33.2 Å². The number of aryl methyl sites for hydroxylation is 3. The third kappa shape index (κ3) is 4.33. The van der Waals surface area contributed by atoms with Crippen molar-refractivity contribution in [3.8, 4) is 11.3 Å². The molecule has 3 aromatic heterocycles. The first kappa shape index (κ1) is 19.7. The second-order valence-electron chi connectivity index (χ2n) is 6.76. The van der Waals surface area contributed by atoms with E-state index in [1.807, 2.05) is 57.2 Å². The van der Waals surface area contributed by atoms with Gasteiger partial charge in [-0.25, -0.2) is 15.0 Å². The maximum atomic E-state index is 12.6. The van der Waals surface area contributed by atoms with E-state index in [1.165, 1.54) is 11.3 Å². The van der Waals surface area contributed by atoms with Crippen molar-refractivity contribution in [2.45, 2.75) is 20.8 Å². The largest absolute Gasteiger partial charge is 0.324 e. The van der Waals surface area contributed by atoms with Crippen LogP contribution in [0, 0.1) is 20.8 Å². The molecule has 0 aliphatic carbocycles. The molecule has 0 saturated heterocycles. The third-order valence-corrected chi connectivity index (χ3v) is 5.54. The summed E-state index contributed by atoms with van der Waals surface area (Å²) < 4.78 is 0. The smallest absolute Gasteiger partial charge is 0.267 e. The first-order chi connectivity index (χ1) is 14.5. The van der Waals surface area contributed by atoms with E-state index in [1.54, 1.807) is 18.6 Å². The van der Waals surface area contributed by atoms with Gasteiger partial charge in [-0.15, -0.1) is 11.3 Å². The van der Waals surface area contributed by atoms with Gasteiger partial charge in [0.15, 0.2) is 0 Å². The van der Waals surface area contributed by atoms with Crippen molar-refractivity contribution < 1.29 is 4.79 Å². The minimum absolute atomic E-state index is 0.164. The number of carbonyl (C=O) groups is 1. The van der Waals surface area contributed by atoms with Crippen LogP contribution in [0.3, 0.4) is 0 Å². The van der Waals surface area contributed by atoms with Gasteiger partial charge in [0.05, 0.1) is 16.4 Å². The standard InChI is InChI=1S/C22H20N6OS/c1-13-6-7-17(26-21(29)20-14(2)25-15(3)30-20)11-19(13)28-22-24-10-8-18(27-22)16-5-4-9-23-12-16/h4-12H,1-3H3,(H,26,29)(H,24,27,28). The fourth-order valence-electron chi connectivity index (χ4n) is 2.98. The van der Waals surface area contributed by atoms with Crippen molar-refractivity contribution in [3.05, 3.63) is 76.1 Å². The van der Waals surface area contributed by atoms with Crippen LogP contribution in [0.1, 0.15) is 25.9 Å². The van der Waals surface area contributed by atoms with Crippen molar-refractivity contribution in [1.29, 1.82) is 0 Å². The van der Waals surface area contributed by atoms with Crippen LogP contribution in [0.4, 0.5) is 17.3 Å². The van der Waals surface area contributed by atoms with Gasteiger partial charge < -0.3 is 10.6 Å². The van der Waals surface area contributed by atoms with Crippen molar-refractivity contribution in [2.75, 3.05) is 10.6 Å². The quantitative estimate of drug-likeness (QED) is 0.480. The van der Waals surface area contributed by atoms with Crippen LogP contribution in [0.2, 0.25) is 0 Å². The number of benzene rings is 1. The first-order valence-corrected chi connectivity index (χ1v) is 10.2. The Morgan fingerprint density at radius 2 is 1.90 bits per heavy atom. The molecule has 0 aliphatic heterocycles. The van der Waals surface area contributed by atoms with Crippen LogP contribution in [0.25, 0.3) is 11.3 Å². The van der Waals surface area contributed by atoms with Gasteiger partial charge in [0.2, 0.25) is 5.95 Å². The molecule has 150 valence electrons. The summed E-state index contributed by atoms with van der Waals surface area (Å²) in [5, 5.41) is 7.06. The molecule has 1 amide bonds. The van der Waals surface area contributed by atoms with Gasteiger partial charge in [-0.3, -0.25) is 9.78 Å². The number of aromatic nitrogens is 4. The molecular formula is C22H20N6OS. The number of nitrogens with zero attached hydrogens (tertiary/aromatic N) is 4. The summed E-state index contributed by atoms with van der Waals surface area (Å²) in [5.74, 6) is 0.305. The molecule has 0 spiro atoms. The monoisotopic (exact) mass is 416 g/mol. The number of anilines is 3. The molecule has 8 heteroatoms. The van der Waals surface area contributed by atoms with Gasteiger partial charge in [-0.1, -0.05) is 6.07 Å². The molecule has 2 N–H and O–H groups in total. The maximum absolute atomic E-state index is 12.6. The van der Waals surface area contributed by atoms with Crippen LogP contribution < -0.4 is 10.6 Å². The highest BCUT2D eigenvalue weighted by Crippen LogP contribution is 2.25. The molecule has 0 saturated carbocycles. The molecule has 0 bridgehead atoms. The van der Waals surface area contributed by atoms with Crippen molar-refractivity contribution >= 4 is 34.6 Å². The van der Waals surface area contributed by atoms with Gasteiger partial charge in [-0.2, -0.15) is 0 Å². The number of carbonyl (C=O) groups excluding carboxylic acids is 1. The number of hydrogen-bond donors (Lipinski definition) is 2. The van der Waals surface area contributed by atoms with Crippen molar-refractivity contribution in [1.82, 2.24) is 19.9 Å². The summed E-state index contributed by atoms with van der Waals surface area (Å²) in [7, 11) is 0. The molecule has 0 radical (unpaired) electrons. The number of amides is 1. The van der Waals surface area contributed by atoms with E-state index in [2.05, 4.69) is 30.6 Å².